The number of halogens is 6. The number of hydrogen-bond donors (Lipinski definition) is 1. The fourth-order valence-corrected chi connectivity index (χ4v) is 3.11. The summed E-state index contributed by atoms with van der Waals surface area (Å²) in [5.74, 6) is -0.905. The Labute approximate surface area is 168 Å². The van der Waals surface area contributed by atoms with Gasteiger partial charge in [0.05, 0.1) is 4.47 Å². The van der Waals surface area contributed by atoms with E-state index in [1.54, 1.807) is 6.92 Å². The quantitative estimate of drug-likeness (QED) is 0.537. The Balaban J connectivity index is 1.97. The molecule has 1 amide bonds. The van der Waals surface area contributed by atoms with E-state index in [1.165, 1.54) is 25.1 Å². The largest absolute Gasteiger partial charge is 0.435 e. The molecule has 0 radical (unpaired) electrons. The smallest absolute Gasteiger partial charge is 0.433 e. The predicted molar refractivity (Wildman–Crippen MR) is 96.2 cm³/mol. The number of alkyl halides is 5. The molecule has 154 valence electrons. The van der Waals surface area contributed by atoms with Crippen LogP contribution in [0.5, 0.6) is 5.75 Å². The molecule has 0 bridgehead atoms. The lowest BCUT2D eigenvalue weighted by molar-refractivity contribution is -0.142. The first kappa shape index (κ1) is 21.0. The van der Waals surface area contributed by atoms with Gasteiger partial charge in [0.25, 0.3) is 5.91 Å². The standard InChI is InChI=1S/C17H12BrF5N4O2/c1-7-5-9(29-16(19)20)3-4-10(7)25-15(28)13-12(18)14-24-8(2)6-11(17(21,22)23)27(14)26-13/h3-6,16H,1-2H3,(H,25,28). The zero-order valence-corrected chi connectivity index (χ0v) is 16.4. The van der Waals surface area contributed by atoms with Crippen LogP contribution in [0.4, 0.5) is 27.6 Å². The SMILES string of the molecule is Cc1cc(C(F)(F)F)n2nc(C(=O)Nc3ccc(OC(F)F)cc3C)c(Br)c2n1. The van der Waals surface area contributed by atoms with Gasteiger partial charge in [-0.25, -0.2) is 9.50 Å². The molecule has 0 aliphatic rings. The Morgan fingerprint density at radius 2 is 1.93 bits per heavy atom. The van der Waals surface area contributed by atoms with E-state index in [0.717, 1.165) is 6.07 Å². The molecule has 0 atom stereocenters. The van der Waals surface area contributed by atoms with Crippen molar-refractivity contribution >= 4 is 33.2 Å². The van der Waals surface area contributed by atoms with Crippen LogP contribution in [0.2, 0.25) is 0 Å². The molecule has 0 saturated heterocycles. The normalized spacial score (nSPS) is 11.9. The molecule has 6 nitrogen and oxygen atoms in total. The summed E-state index contributed by atoms with van der Waals surface area (Å²) in [7, 11) is 0. The molecule has 2 heterocycles. The lowest BCUT2D eigenvalue weighted by atomic mass is 10.2. The molecule has 3 aromatic rings. The number of fused-ring (bicyclic) bond motifs is 1. The maximum absolute atomic E-state index is 13.3. The van der Waals surface area contributed by atoms with Gasteiger partial charge in [-0.15, -0.1) is 0 Å². The van der Waals surface area contributed by atoms with Gasteiger partial charge in [-0.2, -0.15) is 27.1 Å². The molecule has 2 aromatic heterocycles. The second kappa shape index (κ2) is 7.58. The first-order valence-corrected chi connectivity index (χ1v) is 8.76. The van der Waals surface area contributed by atoms with Crippen molar-refractivity contribution in [2.75, 3.05) is 5.32 Å². The number of hydrogen-bond acceptors (Lipinski definition) is 4. The van der Waals surface area contributed by atoms with Gasteiger partial charge < -0.3 is 10.1 Å². The number of carbonyl (C=O) groups excluding carboxylic acids is 1. The fourth-order valence-electron chi connectivity index (χ4n) is 2.59. The molecule has 1 N–H and O–H groups in total. The summed E-state index contributed by atoms with van der Waals surface area (Å²) in [5, 5.41) is 6.24. The van der Waals surface area contributed by atoms with E-state index in [1.807, 2.05) is 0 Å². The van der Waals surface area contributed by atoms with Gasteiger partial charge in [0.2, 0.25) is 0 Å². The van der Waals surface area contributed by atoms with E-state index >= 15 is 0 Å². The Morgan fingerprint density at radius 1 is 1.24 bits per heavy atom. The van der Waals surface area contributed by atoms with Crippen LogP contribution >= 0.6 is 15.9 Å². The highest BCUT2D eigenvalue weighted by Gasteiger charge is 2.36. The van der Waals surface area contributed by atoms with E-state index in [4.69, 9.17) is 0 Å². The minimum atomic E-state index is -4.71. The maximum atomic E-state index is 13.3. The molecule has 12 heteroatoms. The number of amides is 1. The van der Waals surface area contributed by atoms with Gasteiger partial charge in [0, 0.05) is 11.4 Å². The van der Waals surface area contributed by atoms with Crippen LogP contribution in [-0.4, -0.2) is 27.1 Å². The van der Waals surface area contributed by atoms with Gasteiger partial charge in [0.15, 0.2) is 11.3 Å². The van der Waals surface area contributed by atoms with E-state index in [2.05, 4.69) is 36.1 Å². The average Bonchev–Trinajstić information content (AvgIpc) is 2.92. The minimum absolute atomic E-state index is 0.0143. The molecule has 29 heavy (non-hydrogen) atoms. The third-order valence-corrected chi connectivity index (χ3v) is 4.57. The molecule has 0 spiro atoms. The zero-order valence-electron chi connectivity index (χ0n) is 14.8. The predicted octanol–water partition coefficient (Wildman–Crippen LogP) is 4.98. The molecule has 0 aliphatic heterocycles. The first-order valence-electron chi connectivity index (χ1n) is 7.97. The Morgan fingerprint density at radius 3 is 2.52 bits per heavy atom. The molecular weight excluding hydrogens is 467 g/mol. The highest BCUT2D eigenvalue weighted by atomic mass is 79.9. The van der Waals surface area contributed by atoms with Crippen LogP contribution in [0.1, 0.15) is 27.4 Å². The number of rotatable bonds is 4. The van der Waals surface area contributed by atoms with Crippen molar-refractivity contribution in [1.82, 2.24) is 14.6 Å². The van der Waals surface area contributed by atoms with Crippen molar-refractivity contribution in [1.29, 1.82) is 0 Å². The molecule has 0 aliphatic carbocycles. The summed E-state index contributed by atoms with van der Waals surface area (Å²) in [6.07, 6.45) is -4.71. The third kappa shape index (κ3) is 4.31. The lowest BCUT2D eigenvalue weighted by Crippen LogP contribution is -2.16. The van der Waals surface area contributed by atoms with Crippen LogP contribution in [0.15, 0.2) is 28.7 Å². The number of benzene rings is 1. The van der Waals surface area contributed by atoms with Gasteiger partial charge in [-0.05, 0) is 59.6 Å². The van der Waals surface area contributed by atoms with Crippen molar-refractivity contribution in [3.05, 3.63) is 51.4 Å². The van der Waals surface area contributed by atoms with E-state index in [9.17, 15) is 26.7 Å². The topological polar surface area (TPSA) is 68.5 Å². The fraction of sp³-hybridized carbons (Fsp3) is 0.235. The number of ether oxygens (including phenoxy) is 1. The average molecular weight is 479 g/mol. The molecular formula is C17H12BrF5N4O2. The van der Waals surface area contributed by atoms with Crippen molar-refractivity contribution in [2.24, 2.45) is 0 Å². The second-order valence-electron chi connectivity index (χ2n) is 5.99. The lowest BCUT2D eigenvalue weighted by Gasteiger charge is -2.10. The monoisotopic (exact) mass is 478 g/mol. The van der Waals surface area contributed by atoms with Crippen LogP contribution < -0.4 is 10.1 Å². The van der Waals surface area contributed by atoms with Gasteiger partial charge >= 0.3 is 12.8 Å². The first-order chi connectivity index (χ1) is 13.5. The summed E-state index contributed by atoms with van der Waals surface area (Å²) < 4.78 is 69.3. The van der Waals surface area contributed by atoms with E-state index < -0.39 is 24.4 Å². The summed E-state index contributed by atoms with van der Waals surface area (Å²) >= 11 is 3.08. The summed E-state index contributed by atoms with van der Waals surface area (Å²) in [5.41, 5.74) is -0.810. The Hall–Kier alpha value is -2.76. The number of anilines is 1. The highest BCUT2D eigenvalue weighted by Crippen LogP contribution is 2.33. The number of aromatic nitrogens is 3. The van der Waals surface area contributed by atoms with Crippen LogP contribution in [0, 0.1) is 13.8 Å². The minimum Gasteiger partial charge on any atom is -0.435 e. The number of carbonyl (C=O) groups is 1. The van der Waals surface area contributed by atoms with Gasteiger partial charge in [0.1, 0.15) is 11.4 Å². The number of nitrogens with zero attached hydrogens (tertiary/aromatic N) is 3. The van der Waals surface area contributed by atoms with Gasteiger partial charge in [-0.3, -0.25) is 4.79 Å². The molecule has 1 aromatic carbocycles. The molecule has 0 fully saturated rings. The van der Waals surface area contributed by atoms with Crippen molar-refractivity contribution in [3.8, 4) is 5.75 Å². The van der Waals surface area contributed by atoms with E-state index in [0.29, 0.717) is 10.1 Å². The van der Waals surface area contributed by atoms with E-state index in [-0.39, 0.29) is 32.9 Å². The summed E-state index contributed by atoms with van der Waals surface area (Å²) in [4.78, 5) is 16.6. The van der Waals surface area contributed by atoms with Crippen molar-refractivity contribution in [2.45, 2.75) is 26.6 Å². The van der Waals surface area contributed by atoms with Crippen molar-refractivity contribution < 1.29 is 31.5 Å². The highest BCUT2D eigenvalue weighted by molar-refractivity contribution is 9.10. The third-order valence-electron chi connectivity index (χ3n) is 3.84. The summed E-state index contributed by atoms with van der Waals surface area (Å²) in [6.45, 7) is -0.0669. The number of aryl methyl sites for hydroxylation is 2. The Bertz CT molecular complexity index is 1100. The molecule has 0 saturated carbocycles. The van der Waals surface area contributed by atoms with Crippen molar-refractivity contribution in [3.63, 3.8) is 0 Å². The second-order valence-corrected chi connectivity index (χ2v) is 6.78. The Kier molecular flexibility index (Phi) is 5.48. The zero-order chi connectivity index (χ0) is 21.5. The molecule has 0 unspecified atom stereocenters. The van der Waals surface area contributed by atoms with Crippen LogP contribution in [0.3, 0.4) is 0 Å². The van der Waals surface area contributed by atoms with Crippen LogP contribution in [-0.2, 0) is 6.18 Å². The number of nitrogens with one attached hydrogen (secondary N) is 1. The summed E-state index contributed by atoms with van der Waals surface area (Å²) in [6, 6.07) is 4.66. The van der Waals surface area contributed by atoms with Gasteiger partial charge in [-0.1, -0.05) is 0 Å². The van der Waals surface area contributed by atoms with Crippen LogP contribution in [0.25, 0.3) is 5.65 Å². The molecule has 3 rings (SSSR count). The maximum Gasteiger partial charge on any atom is 0.433 e.